The highest BCUT2D eigenvalue weighted by molar-refractivity contribution is 6.46. The first kappa shape index (κ1) is 25.1. The van der Waals surface area contributed by atoms with E-state index in [2.05, 4.69) is 0 Å². The van der Waals surface area contributed by atoms with Crippen molar-refractivity contribution >= 4 is 17.4 Å². The lowest BCUT2D eigenvalue weighted by Crippen LogP contribution is -2.35. The van der Waals surface area contributed by atoms with Crippen molar-refractivity contribution in [3.63, 3.8) is 0 Å². The molecule has 1 heterocycles. The Morgan fingerprint density at radius 3 is 2.29 bits per heavy atom. The third-order valence-corrected chi connectivity index (χ3v) is 5.80. The maximum absolute atomic E-state index is 13.2. The summed E-state index contributed by atoms with van der Waals surface area (Å²) in [6.07, 6.45) is 0. The van der Waals surface area contributed by atoms with Crippen molar-refractivity contribution in [2.45, 2.75) is 19.9 Å². The predicted octanol–water partition coefficient (Wildman–Crippen LogP) is 3.39. The number of nitrogens with zero attached hydrogens (tertiary/aromatic N) is 2. The Bertz CT molecular complexity index is 1110. The summed E-state index contributed by atoms with van der Waals surface area (Å²) >= 11 is 0. The quantitative estimate of drug-likeness (QED) is 0.343. The van der Waals surface area contributed by atoms with E-state index in [-0.39, 0.29) is 11.3 Å². The van der Waals surface area contributed by atoms with Crippen LogP contribution in [0, 0.1) is 6.92 Å². The zero-order valence-corrected chi connectivity index (χ0v) is 20.5. The van der Waals surface area contributed by atoms with Crippen LogP contribution in [0.2, 0.25) is 0 Å². The minimum Gasteiger partial charge on any atom is -0.507 e. The summed E-state index contributed by atoms with van der Waals surface area (Å²) in [5.74, 6) is 0.113. The van der Waals surface area contributed by atoms with Crippen molar-refractivity contribution in [3.8, 4) is 17.2 Å². The zero-order valence-electron chi connectivity index (χ0n) is 20.5. The minimum absolute atomic E-state index is 0.0412. The van der Waals surface area contributed by atoms with Gasteiger partial charge in [0.1, 0.15) is 11.5 Å². The van der Waals surface area contributed by atoms with Gasteiger partial charge in [0, 0.05) is 18.7 Å². The summed E-state index contributed by atoms with van der Waals surface area (Å²) in [5, 5.41) is 11.3. The number of aryl methyl sites for hydroxylation is 1. The third-order valence-electron chi connectivity index (χ3n) is 5.80. The van der Waals surface area contributed by atoms with Crippen molar-refractivity contribution in [2.24, 2.45) is 0 Å². The van der Waals surface area contributed by atoms with Crippen LogP contribution in [0.25, 0.3) is 5.76 Å². The van der Waals surface area contributed by atoms with E-state index in [0.29, 0.717) is 48.1 Å². The fourth-order valence-corrected chi connectivity index (χ4v) is 4.08. The molecular weight excluding hydrogens is 436 g/mol. The Balaban J connectivity index is 2.18. The van der Waals surface area contributed by atoms with Crippen LogP contribution in [-0.4, -0.2) is 74.6 Å². The molecule has 0 aliphatic carbocycles. The van der Waals surface area contributed by atoms with Gasteiger partial charge in [0.05, 0.1) is 32.4 Å². The van der Waals surface area contributed by atoms with Gasteiger partial charge in [-0.05, 0) is 69.4 Å². The zero-order chi connectivity index (χ0) is 25.0. The Labute approximate surface area is 200 Å². The smallest absolute Gasteiger partial charge is 0.295 e. The Morgan fingerprint density at radius 2 is 1.71 bits per heavy atom. The van der Waals surface area contributed by atoms with Gasteiger partial charge in [0.2, 0.25) is 0 Å². The SMILES string of the molecule is CCOc1ccc([C@H]2C(=C(O)c3ccc(OC)c(C)c3)C(=O)C(=O)N2CCN(C)C)cc1OC. The van der Waals surface area contributed by atoms with Crippen LogP contribution < -0.4 is 14.2 Å². The molecular formula is C26H32N2O6. The highest BCUT2D eigenvalue weighted by atomic mass is 16.5. The lowest BCUT2D eigenvalue weighted by molar-refractivity contribution is -0.140. The van der Waals surface area contributed by atoms with Crippen LogP contribution in [-0.2, 0) is 9.59 Å². The first-order valence-electron chi connectivity index (χ1n) is 11.1. The number of amides is 1. The van der Waals surface area contributed by atoms with Crippen molar-refractivity contribution < 1.29 is 28.9 Å². The molecule has 1 amide bonds. The molecule has 0 bridgehead atoms. The number of likely N-dealkylation sites (tertiary alicyclic amines) is 1. The average molecular weight is 469 g/mol. The van der Waals surface area contributed by atoms with E-state index in [0.717, 1.165) is 5.56 Å². The highest BCUT2D eigenvalue weighted by Gasteiger charge is 2.46. The maximum Gasteiger partial charge on any atom is 0.295 e. The monoisotopic (exact) mass is 468 g/mol. The molecule has 2 aromatic rings. The summed E-state index contributed by atoms with van der Waals surface area (Å²) in [5.41, 5.74) is 1.92. The summed E-state index contributed by atoms with van der Waals surface area (Å²) < 4.78 is 16.4. The van der Waals surface area contributed by atoms with E-state index in [9.17, 15) is 14.7 Å². The lowest BCUT2D eigenvalue weighted by atomic mass is 9.94. The molecule has 0 spiro atoms. The van der Waals surface area contributed by atoms with Crippen LogP contribution in [0.5, 0.6) is 17.2 Å². The van der Waals surface area contributed by atoms with E-state index in [1.165, 1.54) is 12.0 Å². The number of aliphatic hydroxyl groups is 1. The second kappa shape index (κ2) is 10.6. The summed E-state index contributed by atoms with van der Waals surface area (Å²) in [7, 11) is 6.89. The van der Waals surface area contributed by atoms with Crippen molar-refractivity contribution in [1.29, 1.82) is 0 Å². The first-order chi connectivity index (χ1) is 16.2. The molecule has 34 heavy (non-hydrogen) atoms. The third kappa shape index (κ3) is 4.87. The van der Waals surface area contributed by atoms with Gasteiger partial charge < -0.3 is 29.1 Å². The van der Waals surface area contributed by atoms with E-state index >= 15 is 0 Å². The van der Waals surface area contributed by atoms with Gasteiger partial charge >= 0.3 is 0 Å². The molecule has 0 saturated carbocycles. The second-order valence-electron chi connectivity index (χ2n) is 8.32. The molecule has 1 fully saturated rings. The van der Waals surface area contributed by atoms with Gasteiger partial charge in [-0.25, -0.2) is 0 Å². The van der Waals surface area contributed by atoms with Crippen LogP contribution in [0.15, 0.2) is 42.0 Å². The Morgan fingerprint density at radius 1 is 1.03 bits per heavy atom. The second-order valence-corrected chi connectivity index (χ2v) is 8.32. The van der Waals surface area contributed by atoms with Crippen LogP contribution in [0.4, 0.5) is 0 Å². The van der Waals surface area contributed by atoms with Crippen molar-refractivity contribution in [1.82, 2.24) is 9.80 Å². The lowest BCUT2D eigenvalue weighted by Gasteiger charge is -2.27. The van der Waals surface area contributed by atoms with E-state index in [4.69, 9.17) is 14.2 Å². The molecule has 8 nitrogen and oxygen atoms in total. The molecule has 1 saturated heterocycles. The molecule has 0 aromatic heterocycles. The standard InChI is InChI=1S/C26H32N2O6/c1-7-34-20-11-8-17(15-21(20)33-6)23-22(25(30)26(31)28(23)13-12-27(3)4)24(29)18-9-10-19(32-5)16(2)14-18/h8-11,14-15,23,29H,7,12-13H2,1-6H3/t23-/m0/s1. The number of rotatable bonds is 9. The number of hydrogen-bond donors (Lipinski definition) is 1. The fraction of sp³-hybridized carbons (Fsp3) is 0.385. The predicted molar refractivity (Wildman–Crippen MR) is 129 cm³/mol. The van der Waals surface area contributed by atoms with E-state index < -0.39 is 17.7 Å². The molecule has 8 heteroatoms. The summed E-state index contributed by atoms with van der Waals surface area (Å²) in [6, 6.07) is 9.65. The Hall–Kier alpha value is -3.52. The van der Waals surface area contributed by atoms with Crippen LogP contribution in [0.1, 0.15) is 29.7 Å². The van der Waals surface area contributed by atoms with Gasteiger partial charge in [-0.1, -0.05) is 6.07 Å². The molecule has 0 unspecified atom stereocenters. The number of carbonyl (C=O) groups excluding carboxylic acids is 2. The molecule has 1 aliphatic rings. The number of methoxy groups -OCH3 is 2. The number of carbonyl (C=O) groups is 2. The number of hydrogen-bond acceptors (Lipinski definition) is 7. The number of ketones is 1. The van der Waals surface area contributed by atoms with Gasteiger partial charge in [0.15, 0.2) is 11.5 Å². The molecule has 1 atom stereocenters. The van der Waals surface area contributed by atoms with Gasteiger partial charge in [-0.15, -0.1) is 0 Å². The average Bonchev–Trinajstić information content (AvgIpc) is 3.07. The minimum atomic E-state index is -0.771. The number of benzene rings is 2. The molecule has 3 rings (SSSR count). The molecule has 182 valence electrons. The number of likely N-dealkylation sites (N-methyl/N-ethyl adjacent to an activating group) is 1. The van der Waals surface area contributed by atoms with Crippen molar-refractivity contribution in [2.75, 3.05) is 48.0 Å². The number of aliphatic hydroxyl groups excluding tert-OH is 1. The first-order valence-corrected chi connectivity index (χ1v) is 11.1. The van der Waals surface area contributed by atoms with Gasteiger partial charge in [-0.2, -0.15) is 0 Å². The molecule has 1 N–H and O–H groups in total. The molecule has 2 aromatic carbocycles. The highest BCUT2D eigenvalue weighted by Crippen LogP contribution is 2.42. The van der Waals surface area contributed by atoms with E-state index in [1.54, 1.807) is 43.5 Å². The summed E-state index contributed by atoms with van der Waals surface area (Å²) in [6.45, 7) is 5.06. The largest absolute Gasteiger partial charge is 0.507 e. The Kier molecular flexibility index (Phi) is 7.83. The fourth-order valence-electron chi connectivity index (χ4n) is 4.08. The maximum atomic E-state index is 13.2. The van der Waals surface area contributed by atoms with Crippen LogP contribution >= 0.6 is 0 Å². The normalized spacial score (nSPS) is 17.4. The van der Waals surface area contributed by atoms with Crippen molar-refractivity contribution in [3.05, 3.63) is 58.7 Å². The van der Waals surface area contributed by atoms with Crippen LogP contribution in [0.3, 0.4) is 0 Å². The number of ether oxygens (including phenoxy) is 3. The summed E-state index contributed by atoms with van der Waals surface area (Å²) in [4.78, 5) is 29.7. The number of Topliss-reactive ketones (excluding diaryl/α,β-unsaturated/α-hetero) is 1. The molecule has 0 radical (unpaired) electrons. The van der Waals surface area contributed by atoms with Gasteiger partial charge in [0.25, 0.3) is 11.7 Å². The topological polar surface area (TPSA) is 88.5 Å². The van der Waals surface area contributed by atoms with E-state index in [1.807, 2.05) is 32.8 Å². The molecule has 1 aliphatic heterocycles. The van der Waals surface area contributed by atoms with Gasteiger partial charge in [-0.3, -0.25) is 9.59 Å².